The monoisotopic (exact) mass is 350 g/mol. The van der Waals surface area contributed by atoms with Crippen LogP contribution in [0.2, 0.25) is 0 Å². The predicted octanol–water partition coefficient (Wildman–Crippen LogP) is 2.95. The van der Waals surface area contributed by atoms with Gasteiger partial charge in [-0.3, -0.25) is 14.0 Å². The van der Waals surface area contributed by atoms with E-state index in [-0.39, 0.29) is 5.56 Å². The maximum Gasteiger partial charge on any atom is 0.270 e. The molecule has 0 bridgehead atoms. The van der Waals surface area contributed by atoms with Gasteiger partial charge in [-0.1, -0.05) is 18.2 Å². The normalized spacial score (nSPS) is 10.4. The molecular weight excluding hydrogens is 336 g/mol. The standard InChI is InChI=1S/C18H14N4O2S/c19-9-5-11-25-15-7-2-1-6-14(15)21-17(23)13-12-20-16-8-3-4-10-22(16)18(13)24/h1-4,6-8,10,12H,5,11H2,(H,21,23). The minimum Gasteiger partial charge on any atom is -0.321 e. The van der Waals surface area contributed by atoms with Crippen LogP contribution in [0.4, 0.5) is 5.69 Å². The van der Waals surface area contributed by atoms with Gasteiger partial charge in [0.05, 0.1) is 11.8 Å². The van der Waals surface area contributed by atoms with Gasteiger partial charge in [0.2, 0.25) is 0 Å². The highest BCUT2D eigenvalue weighted by atomic mass is 32.2. The Balaban J connectivity index is 1.87. The Kier molecular flexibility index (Phi) is 5.11. The van der Waals surface area contributed by atoms with Crippen molar-refractivity contribution < 1.29 is 4.79 Å². The van der Waals surface area contributed by atoms with Crippen LogP contribution in [0.25, 0.3) is 5.65 Å². The number of thioether (sulfide) groups is 1. The minimum absolute atomic E-state index is 0.0273. The van der Waals surface area contributed by atoms with Crippen molar-refractivity contribution in [1.29, 1.82) is 5.26 Å². The first-order valence-electron chi connectivity index (χ1n) is 7.57. The van der Waals surface area contributed by atoms with E-state index in [1.165, 1.54) is 22.4 Å². The van der Waals surface area contributed by atoms with E-state index in [1.807, 2.05) is 12.1 Å². The van der Waals surface area contributed by atoms with Crippen LogP contribution in [-0.4, -0.2) is 21.0 Å². The van der Waals surface area contributed by atoms with Crippen LogP contribution in [0.3, 0.4) is 0 Å². The molecule has 1 amide bonds. The number of hydrogen-bond acceptors (Lipinski definition) is 5. The minimum atomic E-state index is -0.510. The fraction of sp³-hybridized carbons (Fsp3) is 0.111. The molecule has 0 radical (unpaired) electrons. The maximum absolute atomic E-state index is 12.5. The number of benzene rings is 1. The fourth-order valence-corrected chi connectivity index (χ4v) is 3.14. The number of anilines is 1. The molecule has 7 heteroatoms. The first kappa shape index (κ1) is 16.7. The number of rotatable bonds is 5. The molecule has 0 saturated heterocycles. The lowest BCUT2D eigenvalue weighted by Crippen LogP contribution is -2.26. The van der Waals surface area contributed by atoms with E-state index < -0.39 is 11.5 Å². The molecule has 0 aliphatic carbocycles. The molecule has 3 rings (SSSR count). The number of carbonyl (C=O) groups excluding carboxylic acids is 1. The number of nitrogens with one attached hydrogen (secondary N) is 1. The molecule has 0 spiro atoms. The highest BCUT2D eigenvalue weighted by molar-refractivity contribution is 7.99. The zero-order valence-corrected chi connectivity index (χ0v) is 14.0. The van der Waals surface area contributed by atoms with E-state index in [1.54, 1.807) is 36.5 Å². The van der Waals surface area contributed by atoms with Gasteiger partial charge in [0.1, 0.15) is 11.2 Å². The molecule has 3 aromatic rings. The molecule has 0 aliphatic heterocycles. The number of nitrogens with zero attached hydrogens (tertiary/aromatic N) is 3. The first-order valence-corrected chi connectivity index (χ1v) is 8.56. The summed E-state index contributed by atoms with van der Waals surface area (Å²) in [4.78, 5) is 30.0. The van der Waals surface area contributed by atoms with Crippen molar-refractivity contribution in [2.24, 2.45) is 0 Å². The van der Waals surface area contributed by atoms with E-state index in [9.17, 15) is 9.59 Å². The second kappa shape index (κ2) is 7.64. The summed E-state index contributed by atoms with van der Waals surface area (Å²) in [6, 6.07) is 14.6. The Morgan fingerprint density at radius 2 is 2.04 bits per heavy atom. The van der Waals surface area contributed by atoms with Crippen molar-refractivity contribution in [2.75, 3.05) is 11.1 Å². The van der Waals surface area contributed by atoms with Gasteiger partial charge in [-0.2, -0.15) is 5.26 Å². The Morgan fingerprint density at radius 1 is 1.24 bits per heavy atom. The van der Waals surface area contributed by atoms with Crippen molar-refractivity contribution in [2.45, 2.75) is 11.3 Å². The van der Waals surface area contributed by atoms with Crippen molar-refractivity contribution >= 4 is 29.0 Å². The number of para-hydroxylation sites is 1. The summed E-state index contributed by atoms with van der Waals surface area (Å²) in [5.41, 5.74) is 0.641. The molecule has 6 nitrogen and oxygen atoms in total. The van der Waals surface area contributed by atoms with Gasteiger partial charge in [-0.05, 0) is 24.3 Å². The second-order valence-electron chi connectivity index (χ2n) is 5.11. The second-order valence-corrected chi connectivity index (χ2v) is 6.25. The number of aromatic nitrogens is 2. The summed E-state index contributed by atoms with van der Waals surface area (Å²) >= 11 is 1.48. The maximum atomic E-state index is 12.5. The molecule has 1 N–H and O–H groups in total. The zero-order valence-electron chi connectivity index (χ0n) is 13.2. The smallest absolute Gasteiger partial charge is 0.270 e. The van der Waals surface area contributed by atoms with Gasteiger partial charge in [0, 0.05) is 29.5 Å². The van der Waals surface area contributed by atoms with E-state index in [0.717, 1.165) is 4.90 Å². The van der Waals surface area contributed by atoms with Crippen LogP contribution in [-0.2, 0) is 0 Å². The number of fused-ring (bicyclic) bond motifs is 1. The van der Waals surface area contributed by atoms with Gasteiger partial charge in [0.25, 0.3) is 11.5 Å². The molecule has 1 aromatic carbocycles. The predicted molar refractivity (Wildman–Crippen MR) is 96.8 cm³/mol. The third-order valence-electron chi connectivity index (χ3n) is 3.46. The summed E-state index contributed by atoms with van der Waals surface area (Å²) < 4.78 is 1.34. The summed E-state index contributed by atoms with van der Waals surface area (Å²) in [5, 5.41) is 11.4. The zero-order chi connectivity index (χ0) is 17.6. The highest BCUT2D eigenvalue weighted by Crippen LogP contribution is 2.27. The van der Waals surface area contributed by atoms with E-state index in [4.69, 9.17) is 5.26 Å². The largest absolute Gasteiger partial charge is 0.321 e. The number of amides is 1. The van der Waals surface area contributed by atoms with Crippen molar-refractivity contribution in [3.63, 3.8) is 0 Å². The van der Waals surface area contributed by atoms with Gasteiger partial charge < -0.3 is 5.32 Å². The topological polar surface area (TPSA) is 87.3 Å². The summed E-state index contributed by atoms with van der Waals surface area (Å²) in [7, 11) is 0. The molecule has 0 unspecified atom stereocenters. The van der Waals surface area contributed by atoms with Gasteiger partial charge >= 0.3 is 0 Å². The van der Waals surface area contributed by atoms with E-state index in [0.29, 0.717) is 23.5 Å². The Hall–Kier alpha value is -3.11. The molecule has 124 valence electrons. The third-order valence-corrected chi connectivity index (χ3v) is 4.54. The Bertz CT molecular complexity index is 1020. The number of nitriles is 1. The third kappa shape index (κ3) is 3.70. The molecule has 0 atom stereocenters. The summed E-state index contributed by atoms with van der Waals surface area (Å²) in [5.74, 6) is 0.118. The van der Waals surface area contributed by atoms with Crippen LogP contribution in [0, 0.1) is 11.3 Å². The summed E-state index contributed by atoms with van der Waals surface area (Å²) in [6.07, 6.45) is 3.29. The number of hydrogen-bond donors (Lipinski definition) is 1. The van der Waals surface area contributed by atoms with Crippen LogP contribution >= 0.6 is 11.8 Å². The molecule has 0 saturated carbocycles. The van der Waals surface area contributed by atoms with Crippen LogP contribution in [0.15, 0.2) is 64.5 Å². The lowest BCUT2D eigenvalue weighted by Gasteiger charge is -2.10. The SMILES string of the molecule is N#CCCSc1ccccc1NC(=O)c1cnc2ccccn2c1=O. The van der Waals surface area contributed by atoms with Crippen LogP contribution < -0.4 is 10.9 Å². The molecule has 0 aliphatic rings. The van der Waals surface area contributed by atoms with Crippen molar-refractivity contribution in [3.8, 4) is 6.07 Å². The molecule has 2 heterocycles. The fourth-order valence-electron chi connectivity index (χ4n) is 2.27. The average molecular weight is 350 g/mol. The summed E-state index contributed by atoms with van der Waals surface area (Å²) in [6.45, 7) is 0. The van der Waals surface area contributed by atoms with Crippen molar-refractivity contribution in [3.05, 3.63) is 70.8 Å². The van der Waals surface area contributed by atoms with Crippen LogP contribution in [0.5, 0.6) is 0 Å². The molecule has 25 heavy (non-hydrogen) atoms. The average Bonchev–Trinajstić information content (AvgIpc) is 2.64. The first-order chi connectivity index (χ1) is 12.2. The van der Waals surface area contributed by atoms with Gasteiger partial charge in [0.15, 0.2) is 0 Å². The molecular formula is C18H14N4O2S. The Morgan fingerprint density at radius 3 is 2.88 bits per heavy atom. The lowest BCUT2D eigenvalue weighted by molar-refractivity contribution is 0.102. The van der Waals surface area contributed by atoms with Crippen LogP contribution in [0.1, 0.15) is 16.8 Å². The quantitative estimate of drug-likeness (QED) is 0.565. The van der Waals surface area contributed by atoms with Gasteiger partial charge in [-0.25, -0.2) is 4.98 Å². The number of carbonyl (C=O) groups is 1. The molecule has 2 aromatic heterocycles. The van der Waals surface area contributed by atoms with Gasteiger partial charge in [-0.15, -0.1) is 11.8 Å². The highest BCUT2D eigenvalue weighted by Gasteiger charge is 2.14. The van der Waals surface area contributed by atoms with E-state index >= 15 is 0 Å². The van der Waals surface area contributed by atoms with Crippen molar-refractivity contribution in [1.82, 2.24) is 9.38 Å². The lowest BCUT2D eigenvalue weighted by atomic mass is 10.2. The van der Waals surface area contributed by atoms with E-state index in [2.05, 4.69) is 16.4 Å². The Labute approximate surface area is 148 Å². The number of pyridine rings is 1. The molecule has 0 fully saturated rings.